The molecule has 1 aliphatic rings. The van der Waals surface area contributed by atoms with Crippen molar-refractivity contribution >= 4 is 40.7 Å². The molecular formula is C24H22Cl2N6O3. The van der Waals surface area contributed by atoms with Crippen molar-refractivity contribution in [1.82, 2.24) is 20.1 Å². The largest absolute Gasteiger partial charge is 0.480 e. The second-order valence-corrected chi connectivity index (χ2v) is 9.28. The first-order valence-corrected chi connectivity index (χ1v) is 11.5. The maximum atomic E-state index is 13.4. The van der Waals surface area contributed by atoms with Crippen LogP contribution in [0.2, 0.25) is 10.0 Å². The molecule has 2 aromatic heterocycles. The Balaban J connectivity index is 1.71. The summed E-state index contributed by atoms with van der Waals surface area (Å²) in [6, 6.07) is 10.0. The number of nitrogens with zero attached hydrogens (tertiary/aromatic N) is 4. The summed E-state index contributed by atoms with van der Waals surface area (Å²) in [5, 5.41) is 20.1. The van der Waals surface area contributed by atoms with E-state index < -0.39 is 17.4 Å². The zero-order valence-electron chi connectivity index (χ0n) is 19.2. The van der Waals surface area contributed by atoms with Crippen LogP contribution < -0.4 is 15.4 Å². The van der Waals surface area contributed by atoms with E-state index in [-0.39, 0.29) is 39.6 Å². The van der Waals surface area contributed by atoms with E-state index in [0.717, 1.165) is 12.8 Å². The van der Waals surface area contributed by atoms with Gasteiger partial charge in [0, 0.05) is 17.3 Å². The number of methoxy groups -OCH3 is 1. The Hall–Kier alpha value is -3.61. The standard InChI is InChI=1S/C24H22Cl2N6O3/c1-13-9-15(25)10-16(22(33)30-24(2,12-27)14-6-7-14)20(13)29-23(34)18-11-19(35-3)31-32(18)21-17(26)5-4-8-28-21/h4-5,8-11,14H,6-7H2,1-3H3,(H,29,34)(H,30,33). The number of aromatic nitrogens is 3. The minimum absolute atomic E-state index is 0.0831. The van der Waals surface area contributed by atoms with Crippen molar-refractivity contribution in [3.63, 3.8) is 0 Å². The van der Waals surface area contributed by atoms with Gasteiger partial charge < -0.3 is 15.4 Å². The van der Waals surface area contributed by atoms with E-state index in [4.69, 9.17) is 27.9 Å². The summed E-state index contributed by atoms with van der Waals surface area (Å²) in [5.41, 5.74) is 0.0280. The molecule has 0 radical (unpaired) electrons. The summed E-state index contributed by atoms with van der Waals surface area (Å²) >= 11 is 12.5. The van der Waals surface area contributed by atoms with Gasteiger partial charge in [0.2, 0.25) is 5.88 Å². The maximum Gasteiger partial charge on any atom is 0.274 e. The zero-order chi connectivity index (χ0) is 25.3. The molecule has 0 bridgehead atoms. The summed E-state index contributed by atoms with van der Waals surface area (Å²) in [5.74, 6) is -0.591. The van der Waals surface area contributed by atoms with Crippen LogP contribution in [0.1, 0.15) is 46.2 Å². The average molecular weight is 513 g/mol. The van der Waals surface area contributed by atoms with Crippen LogP contribution in [-0.4, -0.2) is 39.2 Å². The molecule has 1 aromatic carbocycles. The molecule has 1 fully saturated rings. The average Bonchev–Trinajstić information content (AvgIpc) is 3.60. The number of ether oxygens (including phenoxy) is 1. The minimum atomic E-state index is -1.02. The van der Waals surface area contributed by atoms with Gasteiger partial charge in [-0.3, -0.25) is 9.59 Å². The summed E-state index contributed by atoms with van der Waals surface area (Å²) < 4.78 is 6.46. The Morgan fingerprint density at radius 1 is 1.26 bits per heavy atom. The summed E-state index contributed by atoms with van der Waals surface area (Å²) in [7, 11) is 1.42. The van der Waals surface area contributed by atoms with Crippen LogP contribution in [0.25, 0.3) is 5.82 Å². The number of carbonyl (C=O) groups is 2. The van der Waals surface area contributed by atoms with Gasteiger partial charge in [-0.05, 0) is 62.4 Å². The highest BCUT2D eigenvalue weighted by molar-refractivity contribution is 6.32. The normalized spacial score (nSPS) is 14.5. The monoisotopic (exact) mass is 512 g/mol. The van der Waals surface area contributed by atoms with Crippen molar-refractivity contribution in [2.24, 2.45) is 5.92 Å². The number of aryl methyl sites for hydroxylation is 1. The van der Waals surface area contributed by atoms with Crippen LogP contribution in [0.3, 0.4) is 0 Å². The van der Waals surface area contributed by atoms with E-state index in [9.17, 15) is 14.9 Å². The summed E-state index contributed by atoms with van der Waals surface area (Å²) in [6.45, 7) is 3.41. The van der Waals surface area contributed by atoms with Crippen molar-refractivity contribution < 1.29 is 14.3 Å². The van der Waals surface area contributed by atoms with Gasteiger partial charge in [-0.25, -0.2) is 9.67 Å². The lowest BCUT2D eigenvalue weighted by Gasteiger charge is -2.24. The molecule has 2 amide bonds. The highest BCUT2D eigenvalue weighted by Gasteiger charge is 2.43. The van der Waals surface area contributed by atoms with E-state index >= 15 is 0 Å². The number of rotatable bonds is 7. The molecule has 0 aliphatic heterocycles. The predicted octanol–water partition coefficient (Wildman–Crippen LogP) is 4.57. The number of nitriles is 1. The van der Waals surface area contributed by atoms with Gasteiger partial charge in [-0.1, -0.05) is 23.2 Å². The minimum Gasteiger partial charge on any atom is -0.480 e. The van der Waals surface area contributed by atoms with Gasteiger partial charge in [-0.2, -0.15) is 5.26 Å². The molecule has 0 spiro atoms. The number of hydrogen-bond donors (Lipinski definition) is 2. The molecular weight excluding hydrogens is 491 g/mol. The van der Waals surface area contributed by atoms with Crippen LogP contribution in [0, 0.1) is 24.2 Å². The van der Waals surface area contributed by atoms with Gasteiger partial charge in [0.25, 0.3) is 11.8 Å². The van der Waals surface area contributed by atoms with Crippen LogP contribution >= 0.6 is 23.2 Å². The van der Waals surface area contributed by atoms with Crippen molar-refractivity contribution in [1.29, 1.82) is 5.26 Å². The summed E-state index contributed by atoms with van der Waals surface area (Å²) in [6.07, 6.45) is 3.25. The molecule has 180 valence electrons. The van der Waals surface area contributed by atoms with Crippen LogP contribution in [0.5, 0.6) is 5.88 Å². The van der Waals surface area contributed by atoms with Crippen molar-refractivity contribution in [2.45, 2.75) is 32.2 Å². The molecule has 4 rings (SSSR count). The first-order chi connectivity index (χ1) is 16.7. The third-order valence-electron chi connectivity index (χ3n) is 5.85. The smallest absolute Gasteiger partial charge is 0.274 e. The lowest BCUT2D eigenvalue weighted by atomic mass is 9.96. The number of amides is 2. The first-order valence-electron chi connectivity index (χ1n) is 10.8. The van der Waals surface area contributed by atoms with Crippen molar-refractivity contribution in [3.8, 4) is 17.8 Å². The number of pyridine rings is 1. The predicted molar refractivity (Wildman–Crippen MR) is 131 cm³/mol. The molecule has 9 nitrogen and oxygen atoms in total. The molecule has 2 N–H and O–H groups in total. The van der Waals surface area contributed by atoms with Crippen LogP contribution in [0.4, 0.5) is 5.69 Å². The van der Waals surface area contributed by atoms with Crippen LogP contribution in [0.15, 0.2) is 36.5 Å². The topological polar surface area (TPSA) is 122 Å². The molecule has 2 heterocycles. The molecule has 1 atom stereocenters. The number of benzene rings is 1. The van der Waals surface area contributed by atoms with E-state index in [1.54, 1.807) is 32.0 Å². The molecule has 0 saturated heterocycles. The van der Waals surface area contributed by atoms with Gasteiger partial charge >= 0.3 is 0 Å². The molecule has 11 heteroatoms. The van der Waals surface area contributed by atoms with Gasteiger partial charge in [0.05, 0.1) is 29.5 Å². The van der Waals surface area contributed by atoms with Gasteiger partial charge in [0.1, 0.15) is 11.2 Å². The third kappa shape index (κ3) is 4.94. The Morgan fingerprint density at radius 3 is 2.63 bits per heavy atom. The van der Waals surface area contributed by atoms with E-state index in [1.807, 2.05) is 0 Å². The van der Waals surface area contributed by atoms with Gasteiger partial charge in [0.15, 0.2) is 5.82 Å². The summed E-state index contributed by atoms with van der Waals surface area (Å²) in [4.78, 5) is 30.9. The lowest BCUT2D eigenvalue weighted by Crippen LogP contribution is -2.47. The Labute approximate surface area is 212 Å². The maximum absolute atomic E-state index is 13.4. The van der Waals surface area contributed by atoms with Crippen molar-refractivity contribution in [3.05, 3.63) is 63.4 Å². The molecule has 1 saturated carbocycles. The number of carbonyl (C=O) groups excluding carboxylic acids is 2. The fourth-order valence-electron chi connectivity index (χ4n) is 3.77. The van der Waals surface area contributed by atoms with E-state index in [1.165, 1.54) is 30.1 Å². The van der Waals surface area contributed by atoms with Gasteiger partial charge in [-0.15, -0.1) is 5.10 Å². The Morgan fingerprint density at radius 2 is 2.00 bits per heavy atom. The lowest BCUT2D eigenvalue weighted by molar-refractivity contribution is 0.0918. The number of halogens is 2. The second kappa shape index (κ2) is 9.56. The number of anilines is 1. The molecule has 3 aromatic rings. The highest BCUT2D eigenvalue weighted by Crippen LogP contribution is 2.39. The third-order valence-corrected chi connectivity index (χ3v) is 6.36. The van der Waals surface area contributed by atoms with Crippen molar-refractivity contribution in [2.75, 3.05) is 12.4 Å². The molecule has 1 aliphatic carbocycles. The SMILES string of the molecule is COc1cc(C(=O)Nc2c(C)cc(Cl)cc2C(=O)NC(C)(C#N)C2CC2)n(-c2ncccc2Cl)n1. The Bertz CT molecular complexity index is 1360. The molecule has 35 heavy (non-hydrogen) atoms. The molecule has 1 unspecified atom stereocenters. The number of hydrogen-bond acceptors (Lipinski definition) is 6. The second-order valence-electron chi connectivity index (χ2n) is 8.43. The van der Waals surface area contributed by atoms with Crippen LogP contribution in [-0.2, 0) is 0 Å². The highest BCUT2D eigenvalue weighted by atomic mass is 35.5. The fourth-order valence-corrected chi connectivity index (χ4v) is 4.24. The first kappa shape index (κ1) is 24.5. The quantitative estimate of drug-likeness (QED) is 0.478. The zero-order valence-corrected chi connectivity index (χ0v) is 20.7. The van der Waals surface area contributed by atoms with E-state index in [2.05, 4.69) is 26.8 Å². The van der Waals surface area contributed by atoms with E-state index in [0.29, 0.717) is 10.6 Å². The number of nitrogens with one attached hydrogen (secondary N) is 2. The Kier molecular flexibility index (Phi) is 6.70. The fraction of sp³-hybridized carbons (Fsp3) is 0.292.